The highest BCUT2D eigenvalue weighted by molar-refractivity contribution is 5.87. The molecule has 2 aliphatic rings. The van der Waals surface area contributed by atoms with Crippen LogP contribution in [-0.2, 0) is 17.6 Å². The molecule has 0 unspecified atom stereocenters. The minimum absolute atomic E-state index is 0.0361. The van der Waals surface area contributed by atoms with E-state index in [1.165, 1.54) is 36.5 Å². The molecule has 1 aromatic carbocycles. The fraction of sp³-hybridized carbons (Fsp3) is 0.500. The number of hydrogen-bond donors (Lipinski definition) is 0. The topological polar surface area (TPSA) is 32.8 Å². The summed E-state index contributed by atoms with van der Waals surface area (Å²) in [5.41, 5.74) is 2.93. The molecule has 1 heterocycles. The second kappa shape index (κ2) is 6.97. The summed E-state index contributed by atoms with van der Waals surface area (Å²) in [7, 11) is 0. The van der Waals surface area contributed by atoms with Gasteiger partial charge in [0.1, 0.15) is 12.4 Å². The maximum Gasteiger partial charge on any atom is 0.246 e. The molecule has 0 spiro atoms. The predicted octanol–water partition coefficient (Wildman–Crippen LogP) is 1.88. The van der Waals surface area contributed by atoms with E-state index < -0.39 is 0 Å². The zero-order valence-electron chi connectivity index (χ0n) is 13.1. The maximum atomic E-state index is 11.5. The minimum atomic E-state index is 0.0361. The molecule has 1 aromatic rings. The van der Waals surface area contributed by atoms with Gasteiger partial charge >= 0.3 is 0 Å². The summed E-state index contributed by atoms with van der Waals surface area (Å²) >= 11 is 0. The molecule has 3 rings (SSSR count). The molecule has 0 atom stereocenters. The lowest BCUT2D eigenvalue weighted by Gasteiger charge is -2.34. The van der Waals surface area contributed by atoms with Crippen molar-refractivity contribution in [2.45, 2.75) is 19.3 Å². The first-order valence-corrected chi connectivity index (χ1v) is 8.14. The van der Waals surface area contributed by atoms with Crippen LogP contribution >= 0.6 is 0 Å². The number of aryl methyl sites for hydroxylation is 2. The smallest absolute Gasteiger partial charge is 0.246 e. The molecule has 0 radical (unpaired) electrons. The molecule has 0 aromatic heterocycles. The van der Waals surface area contributed by atoms with E-state index in [2.05, 4.69) is 29.7 Å². The van der Waals surface area contributed by atoms with Gasteiger partial charge in [-0.1, -0.05) is 12.6 Å². The van der Waals surface area contributed by atoms with Crippen molar-refractivity contribution >= 4 is 5.91 Å². The SMILES string of the molecule is C=CC(=O)N1CCN(CCOc2ccc3c(c2)CCC3)CC1. The van der Waals surface area contributed by atoms with Crippen molar-refractivity contribution in [2.24, 2.45) is 0 Å². The third-order valence-corrected chi connectivity index (χ3v) is 4.60. The highest BCUT2D eigenvalue weighted by Gasteiger charge is 2.19. The molecule has 1 aliphatic heterocycles. The van der Waals surface area contributed by atoms with Crippen LogP contribution < -0.4 is 4.74 Å². The van der Waals surface area contributed by atoms with Crippen molar-refractivity contribution in [1.82, 2.24) is 9.80 Å². The summed E-state index contributed by atoms with van der Waals surface area (Å²) in [5, 5.41) is 0. The number of carbonyl (C=O) groups excluding carboxylic acids is 1. The van der Waals surface area contributed by atoms with Gasteiger partial charge in [-0.3, -0.25) is 9.69 Å². The summed E-state index contributed by atoms with van der Waals surface area (Å²) in [6.07, 6.45) is 5.06. The first-order valence-electron chi connectivity index (χ1n) is 8.14. The Hall–Kier alpha value is -1.81. The molecule has 1 fully saturated rings. The molecular formula is C18H24N2O2. The van der Waals surface area contributed by atoms with E-state index >= 15 is 0 Å². The van der Waals surface area contributed by atoms with E-state index in [4.69, 9.17) is 4.74 Å². The quantitative estimate of drug-likeness (QED) is 0.779. The maximum absolute atomic E-state index is 11.5. The largest absolute Gasteiger partial charge is 0.492 e. The fourth-order valence-corrected chi connectivity index (χ4v) is 3.25. The van der Waals surface area contributed by atoms with Gasteiger partial charge in [-0.05, 0) is 48.6 Å². The first-order chi connectivity index (χ1) is 10.8. The Morgan fingerprint density at radius 3 is 2.73 bits per heavy atom. The number of ether oxygens (including phenoxy) is 1. The number of hydrogen-bond acceptors (Lipinski definition) is 3. The molecule has 1 aliphatic carbocycles. The summed E-state index contributed by atoms with van der Waals surface area (Å²) in [6.45, 7) is 8.53. The predicted molar refractivity (Wildman–Crippen MR) is 87.2 cm³/mol. The Labute approximate surface area is 132 Å². The van der Waals surface area contributed by atoms with Gasteiger partial charge in [0.05, 0.1) is 0 Å². The van der Waals surface area contributed by atoms with Gasteiger partial charge in [0, 0.05) is 32.7 Å². The van der Waals surface area contributed by atoms with Gasteiger partial charge in [-0.2, -0.15) is 0 Å². The molecule has 0 N–H and O–H groups in total. The van der Waals surface area contributed by atoms with Crippen LogP contribution in [0.1, 0.15) is 17.5 Å². The first kappa shape index (κ1) is 15.1. The van der Waals surface area contributed by atoms with Crippen molar-refractivity contribution in [3.05, 3.63) is 42.0 Å². The van der Waals surface area contributed by atoms with Crippen molar-refractivity contribution in [3.63, 3.8) is 0 Å². The van der Waals surface area contributed by atoms with Gasteiger partial charge in [0.15, 0.2) is 0 Å². The highest BCUT2D eigenvalue weighted by Crippen LogP contribution is 2.25. The average Bonchev–Trinajstić information content (AvgIpc) is 3.02. The van der Waals surface area contributed by atoms with Gasteiger partial charge in [0.2, 0.25) is 5.91 Å². The van der Waals surface area contributed by atoms with E-state index in [0.717, 1.165) is 38.5 Å². The normalized spacial score (nSPS) is 18.1. The van der Waals surface area contributed by atoms with E-state index in [0.29, 0.717) is 6.61 Å². The number of fused-ring (bicyclic) bond motifs is 1. The van der Waals surface area contributed by atoms with Gasteiger partial charge in [-0.25, -0.2) is 0 Å². The monoisotopic (exact) mass is 300 g/mol. The van der Waals surface area contributed by atoms with Crippen LogP contribution in [0, 0.1) is 0 Å². The van der Waals surface area contributed by atoms with E-state index in [1.54, 1.807) is 0 Å². The van der Waals surface area contributed by atoms with E-state index in [9.17, 15) is 4.79 Å². The van der Waals surface area contributed by atoms with Crippen LogP contribution in [0.4, 0.5) is 0 Å². The van der Waals surface area contributed by atoms with Crippen LogP contribution in [0.5, 0.6) is 5.75 Å². The number of piperazine rings is 1. The molecular weight excluding hydrogens is 276 g/mol. The third kappa shape index (κ3) is 3.50. The number of amides is 1. The summed E-state index contributed by atoms with van der Waals surface area (Å²) in [4.78, 5) is 15.7. The minimum Gasteiger partial charge on any atom is -0.492 e. The third-order valence-electron chi connectivity index (χ3n) is 4.60. The molecule has 1 saturated heterocycles. The lowest BCUT2D eigenvalue weighted by Crippen LogP contribution is -2.49. The Bertz CT molecular complexity index is 548. The molecule has 22 heavy (non-hydrogen) atoms. The van der Waals surface area contributed by atoms with Crippen molar-refractivity contribution in [1.29, 1.82) is 0 Å². The Morgan fingerprint density at radius 1 is 1.18 bits per heavy atom. The van der Waals surface area contributed by atoms with Crippen LogP contribution in [-0.4, -0.2) is 55.0 Å². The van der Waals surface area contributed by atoms with Gasteiger partial charge in [-0.15, -0.1) is 0 Å². The zero-order chi connectivity index (χ0) is 15.4. The van der Waals surface area contributed by atoms with Gasteiger partial charge in [0.25, 0.3) is 0 Å². The Morgan fingerprint density at radius 2 is 1.95 bits per heavy atom. The molecule has 4 heteroatoms. The average molecular weight is 300 g/mol. The number of rotatable bonds is 5. The molecule has 1 amide bonds. The Kier molecular flexibility index (Phi) is 4.78. The molecule has 4 nitrogen and oxygen atoms in total. The standard InChI is InChI=1S/C18H24N2O2/c1-2-18(21)20-10-8-19(9-11-20)12-13-22-17-7-6-15-4-3-5-16(15)14-17/h2,6-7,14H,1,3-5,8-13H2. The second-order valence-corrected chi connectivity index (χ2v) is 6.00. The van der Waals surface area contributed by atoms with E-state index in [-0.39, 0.29) is 5.91 Å². The molecule has 118 valence electrons. The van der Waals surface area contributed by atoms with Crippen molar-refractivity contribution < 1.29 is 9.53 Å². The fourth-order valence-electron chi connectivity index (χ4n) is 3.25. The number of carbonyl (C=O) groups is 1. The Balaban J connectivity index is 1.41. The van der Waals surface area contributed by atoms with E-state index in [1.807, 2.05) is 4.90 Å². The summed E-state index contributed by atoms with van der Waals surface area (Å²) in [5.74, 6) is 1.02. The van der Waals surface area contributed by atoms with Crippen molar-refractivity contribution in [3.8, 4) is 5.75 Å². The zero-order valence-corrected chi connectivity index (χ0v) is 13.1. The van der Waals surface area contributed by atoms with Gasteiger partial charge < -0.3 is 9.64 Å². The lowest BCUT2D eigenvalue weighted by atomic mass is 10.1. The van der Waals surface area contributed by atoms with Crippen LogP contribution in [0.3, 0.4) is 0 Å². The lowest BCUT2D eigenvalue weighted by molar-refractivity contribution is -0.127. The van der Waals surface area contributed by atoms with Crippen LogP contribution in [0.15, 0.2) is 30.9 Å². The second-order valence-electron chi connectivity index (χ2n) is 6.00. The van der Waals surface area contributed by atoms with Crippen molar-refractivity contribution in [2.75, 3.05) is 39.3 Å². The summed E-state index contributed by atoms with van der Waals surface area (Å²) < 4.78 is 5.89. The number of nitrogens with zero attached hydrogens (tertiary/aromatic N) is 2. The molecule has 0 bridgehead atoms. The molecule has 0 saturated carbocycles. The van der Waals surface area contributed by atoms with Crippen LogP contribution in [0.2, 0.25) is 0 Å². The highest BCUT2D eigenvalue weighted by atomic mass is 16.5. The van der Waals surface area contributed by atoms with Crippen LogP contribution in [0.25, 0.3) is 0 Å². The summed E-state index contributed by atoms with van der Waals surface area (Å²) in [6, 6.07) is 6.49. The number of benzene rings is 1.